The van der Waals surface area contributed by atoms with Crippen LogP contribution in [-0.4, -0.2) is 19.4 Å². The number of benzene rings is 1. The summed E-state index contributed by atoms with van der Waals surface area (Å²) in [5.74, 6) is 0. The zero-order chi connectivity index (χ0) is 10.1. The van der Waals surface area contributed by atoms with E-state index in [1.807, 2.05) is 0 Å². The van der Waals surface area contributed by atoms with Gasteiger partial charge in [0, 0.05) is 25.2 Å². The van der Waals surface area contributed by atoms with Crippen molar-refractivity contribution < 1.29 is 4.79 Å². The number of aryl methyl sites for hydroxylation is 1. The van der Waals surface area contributed by atoms with E-state index in [0.29, 0.717) is 12.5 Å². The molecule has 0 saturated heterocycles. The lowest BCUT2D eigenvalue weighted by atomic mass is 10.1. The lowest BCUT2D eigenvalue weighted by Crippen LogP contribution is -2.28. The molecule has 74 valence electrons. The molecule has 0 bridgehead atoms. The van der Waals surface area contributed by atoms with Gasteiger partial charge in [-0.05, 0) is 24.5 Å². The van der Waals surface area contributed by atoms with Crippen molar-refractivity contribution in [2.24, 2.45) is 0 Å². The number of nitrogens with zero attached hydrogens (tertiary/aromatic N) is 1. The van der Waals surface area contributed by atoms with E-state index >= 15 is 0 Å². The van der Waals surface area contributed by atoms with Gasteiger partial charge in [-0.1, -0.05) is 18.2 Å². The van der Waals surface area contributed by atoms with Gasteiger partial charge in [0.1, 0.15) is 6.29 Å². The standard InChI is InChI=1S/C12H15NO/c1-9-4-3-5-10-8-11(6-7-14)13(2)12(9)10/h3-5,7,11H,6,8H2,1-2H3. The SMILES string of the molecule is Cc1cccc2c1N(C)C(CC=O)C2. The molecule has 0 amide bonds. The van der Waals surface area contributed by atoms with Crippen molar-refractivity contribution in [1.29, 1.82) is 0 Å². The van der Waals surface area contributed by atoms with E-state index in [1.54, 1.807) is 0 Å². The van der Waals surface area contributed by atoms with Crippen LogP contribution in [0.25, 0.3) is 0 Å². The maximum atomic E-state index is 10.5. The minimum absolute atomic E-state index is 0.364. The first kappa shape index (κ1) is 9.25. The summed E-state index contributed by atoms with van der Waals surface area (Å²) in [6.07, 6.45) is 2.65. The zero-order valence-corrected chi connectivity index (χ0v) is 8.66. The maximum Gasteiger partial charge on any atom is 0.122 e. The van der Waals surface area contributed by atoms with Gasteiger partial charge in [-0.15, -0.1) is 0 Å². The van der Waals surface area contributed by atoms with Crippen LogP contribution in [-0.2, 0) is 11.2 Å². The summed E-state index contributed by atoms with van der Waals surface area (Å²) in [7, 11) is 2.08. The Kier molecular flexibility index (Phi) is 2.28. The Hall–Kier alpha value is -1.31. The second-order valence-electron chi connectivity index (χ2n) is 3.95. The van der Waals surface area contributed by atoms with Gasteiger partial charge in [-0.2, -0.15) is 0 Å². The Balaban J connectivity index is 2.35. The topological polar surface area (TPSA) is 20.3 Å². The first-order chi connectivity index (χ1) is 6.74. The number of aldehydes is 1. The van der Waals surface area contributed by atoms with Gasteiger partial charge in [0.15, 0.2) is 0 Å². The number of para-hydroxylation sites is 1. The van der Waals surface area contributed by atoms with Crippen LogP contribution in [0, 0.1) is 6.92 Å². The predicted octanol–water partition coefficient (Wildman–Crippen LogP) is 1.94. The van der Waals surface area contributed by atoms with E-state index in [0.717, 1.165) is 12.7 Å². The summed E-state index contributed by atoms with van der Waals surface area (Å²) in [5, 5.41) is 0. The molecule has 2 rings (SSSR count). The highest BCUT2D eigenvalue weighted by molar-refractivity contribution is 5.65. The number of anilines is 1. The maximum absolute atomic E-state index is 10.5. The number of fused-ring (bicyclic) bond motifs is 1. The van der Waals surface area contributed by atoms with Gasteiger partial charge in [-0.3, -0.25) is 0 Å². The third-order valence-electron chi connectivity index (χ3n) is 3.05. The molecule has 0 N–H and O–H groups in total. The molecule has 0 saturated carbocycles. The fourth-order valence-corrected chi connectivity index (χ4v) is 2.32. The van der Waals surface area contributed by atoms with Gasteiger partial charge in [0.05, 0.1) is 0 Å². The summed E-state index contributed by atoms with van der Waals surface area (Å²) >= 11 is 0. The zero-order valence-electron chi connectivity index (χ0n) is 8.66. The van der Waals surface area contributed by atoms with Crippen LogP contribution in [0.4, 0.5) is 5.69 Å². The molecule has 0 spiro atoms. The second kappa shape index (κ2) is 3.45. The largest absolute Gasteiger partial charge is 0.370 e. The van der Waals surface area contributed by atoms with Crippen molar-refractivity contribution in [1.82, 2.24) is 0 Å². The number of carbonyl (C=O) groups excluding carboxylic acids is 1. The van der Waals surface area contributed by atoms with Crippen LogP contribution in [0.2, 0.25) is 0 Å². The molecular formula is C12H15NO. The van der Waals surface area contributed by atoms with Gasteiger partial charge < -0.3 is 9.69 Å². The molecule has 0 aromatic heterocycles. The Labute approximate surface area is 84.5 Å². The first-order valence-corrected chi connectivity index (χ1v) is 4.99. The molecule has 0 fully saturated rings. The quantitative estimate of drug-likeness (QED) is 0.663. The average molecular weight is 189 g/mol. The smallest absolute Gasteiger partial charge is 0.122 e. The fourth-order valence-electron chi connectivity index (χ4n) is 2.32. The van der Waals surface area contributed by atoms with Gasteiger partial charge in [0.25, 0.3) is 0 Å². The van der Waals surface area contributed by atoms with Crippen molar-refractivity contribution in [3.63, 3.8) is 0 Å². The Morgan fingerprint density at radius 3 is 3.00 bits per heavy atom. The van der Waals surface area contributed by atoms with Crippen molar-refractivity contribution in [2.45, 2.75) is 25.8 Å². The molecule has 1 heterocycles. The van der Waals surface area contributed by atoms with E-state index in [9.17, 15) is 4.79 Å². The van der Waals surface area contributed by atoms with Crippen LogP contribution >= 0.6 is 0 Å². The molecule has 1 aliphatic heterocycles. The summed E-state index contributed by atoms with van der Waals surface area (Å²) < 4.78 is 0. The molecule has 1 aromatic carbocycles. The molecule has 1 atom stereocenters. The highest BCUT2D eigenvalue weighted by Crippen LogP contribution is 2.34. The highest BCUT2D eigenvalue weighted by Gasteiger charge is 2.26. The van der Waals surface area contributed by atoms with Crippen LogP contribution in [0.5, 0.6) is 0 Å². The van der Waals surface area contributed by atoms with Crippen molar-refractivity contribution in [2.75, 3.05) is 11.9 Å². The second-order valence-corrected chi connectivity index (χ2v) is 3.95. The lowest BCUT2D eigenvalue weighted by molar-refractivity contribution is -0.108. The van der Waals surface area contributed by atoms with E-state index in [4.69, 9.17) is 0 Å². The number of likely N-dealkylation sites (N-methyl/N-ethyl adjacent to an activating group) is 1. The monoisotopic (exact) mass is 189 g/mol. The van der Waals surface area contributed by atoms with Crippen molar-refractivity contribution in [3.05, 3.63) is 29.3 Å². The Morgan fingerprint density at radius 2 is 2.36 bits per heavy atom. The van der Waals surface area contributed by atoms with E-state index < -0.39 is 0 Å². The summed E-state index contributed by atoms with van der Waals surface area (Å²) in [6.45, 7) is 2.12. The third kappa shape index (κ3) is 1.31. The fraction of sp³-hybridized carbons (Fsp3) is 0.417. The van der Waals surface area contributed by atoms with Crippen LogP contribution in [0.15, 0.2) is 18.2 Å². The minimum atomic E-state index is 0.364. The van der Waals surface area contributed by atoms with Crippen LogP contribution in [0.3, 0.4) is 0 Å². The number of carbonyl (C=O) groups is 1. The summed E-state index contributed by atoms with van der Waals surface area (Å²) in [6, 6.07) is 6.73. The molecule has 0 radical (unpaired) electrons. The molecule has 1 aliphatic rings. The predicted molar refractivity (Wildman–Crippen MR) is 57.8 cm³/mol. The molecule has 1 unspecified atom stereocenters. The molecule has 2 heteroatoms. The first-order valence-electron chi connectivity index (χ1n) is 4.99. The molecule has 2 nitrogen and oxygen atoms in total. The number of hydrogen-bond donors (Lipinski definition) is 0. The van der Waals surface area contributed by atoms with E-state index in [1.165, 1.54) is 16.8 Å². The molecule has 1 aromatic rings. The van der Waals surface area contributed by atoms with E-state index in [-0.39, 0.29) is 0 Å². The van der Waals surface area contributed by atoms with E-state index in [2.05, 4.69) is 37.1 Å². The minimum Gasteiger partial charge on any atom is -0.370 e. The number of hydrogen-bond acceptors (Lipinski definition) is 2. The number of rotatable bonds is 2. The normalized spacial score (nSPS) is 19.6. The molecular weight excluding hydrogens is 174 g/mol. The van der Waals surface area contributed by atoms with Crippen molar-refractivity contribution >= 4 is 12.0 Å². The summed E-state index contributed by atoms with van der Waals surface area (Å²) in [5.41, 5.74) is 4.00. The Bertz CT molecular complexity index is 359. The van der Waals surface area contributed by atoms with Crippen LogP contribution < -0.4 is 4.90 Å². The van der Waals surface area contributed by atoms with Crippen LogP contribution in [0.1, 0.15) is 17.5 Å². The molecule has 14 heavy (non-hydrogen) atoms. The highest BCUT2D eigenvalue weighted by atomic mass is 16.1. The van der Waals surface area contributed by atoms with Gasteiger partial charge in [0.2, 0.25) is 0 Å². The van der Waals surface area contributed by atoms with Gasteiger partial charge >= 0.3 is 0 Å². The Morgan fingerprint density at radius 1 is 1.57 bits per heavy atom. The average Bonchev–Trinajstić information content (AvgIpc) is 2.46. The van der Waals surface area contributed by atoms with Gasteiger partial charge in [-0.25, -0.2) is 0 Å². The lowest BCUT2D eigenvalue weighted by Gasteiger charge is -2.21. The molecule has 0 aliphatic carbocycles. The summed E-state index contributed by atoms with van der Waals surface area (Å²) in [4.78, 5) is 12.8. The third-order valence-corrected chi connectivity index (χ3v) is 3.05. The van der Waals surface area contributed by atoms with Crippen molar-refractivity contribution in [3.8, 4) is 0 Å².